The summed E-state index contributed by atoms with van der Waals surface area (Å²) in [6.07, 6.45) is -4.90. The second-order valence-electron chi connectivity index (χ2n) is 4.39. The molecule has 2 N–H and O–H groups in total. The Kier molecular flexibility index (Phi) is 4.25. The minimum absolute atomic E-state index is 0.313. The molecule has 0 heterocycles. The first-order valence-electron chi connectivity index (χ1n) is 6.21. The highest BCUT2D eigenvalue weighted by Gasteiger charge is 2.32. The lowest BCUT2D eigenvalue weighted by molar-refractivity contribution is -0.275. The second-order valence-corrected chi connectivity index (χ2v) is 4.39. The van der Waals surface area contributed by atoms with E-state index in [1.165, 1.54) is 19.2 Å². The van der Waals surface area contributed by atoms with Crippen molar-refractivity contribution in [3.05, 3.63) is 48.0 Å². The van der Waals surface area contributed by atoms with Crippen LogP contribution in [0.4, 0.5) is 13.2 Å². The molecule has 2 rings (SSSR count). The van der Waals surface area contributed by atoms with Gasteiger partial charge in [0.15, 0.2) is 11.5 Å². The molecule has 1 amide bonds. The number of amides is 1. The van der Waals surface area contributed by atoms with Crippen LogP contribution in [0.5, 0.6) is 11.5 Å². The zero-order chi connectivity index (χ0) is 16.3. The van der Waals surface area contributed by atoms with Crippen molar-refractivity contribution in [2.75, 3.05) is 7.05 Å². The summed E-state index contributed by atoms with van der Waals surface area (Å²) in [6, 6.07) is 9.95. The molecule has 0 radical (unpaired) electrons. The Morgan fingerprint density at radius 2 is 1.82 bits per heavy atom. The first-order chi connectivity index (χ1) is 10.3. The van der Waals surface area contributed by atoms with Crippen molar-refractivity contribution in [1.29, 1.82) is 0 Å². The molecule has 116 valence electrons. The van der Waals surface area contributed by atoms with Gasteiger partial charge in [-0.2, -0.15) is 0 Å². The van der Waals surface area contributed by atoms with E-state index in [9.17, 15) is 23.1 Å². The lowest BCUT2D eigenvalue weighted by Gasteiger charge is -2.12. The van der Waals surface area contributed by atoms with Crippen molar-refractivity contribution in [2.24, 2.45) is 0 Å². The first-order valence-corrected chi connectivity index (χ1v) is 6.21. The summed E-state index contributed by atoms with van der Waals surface area (Å²) >= 11 is 0. The summed E-state index contributed by atoms with van der Waals surface area (Å²) in [5, 5.41) is 11.9. The van der Waals surface area contributed by atoms with Crippen LogP contribution < -0.4 is 10.1 Å². The third kappa shape index (κ3) is 3.69. The van der Waals surface area contributed by atoms with Crippen LogP contribution in [0.3, 0.4) is 0 Å². The van der Waals surface area contributed by atoms with Crippen LogP contribution in [0.1, 0.15) is 10.4 Å². The van der Waals surface area contributed by atoms with Crippen molar-refractivity contribution in [1.82, 2.24) is 5.32 Å². The standard InChI is InChI=1S/C15H12F3NO3/c1-19-14(21)11-4-2-3-9(7-11)10-5-6-12(20)13(8-10)22-15(16,17)18/h2-8,20H,1H3,(H,19,21). The van der Waals surface area contributed by atoms with Crippen LogP contribution in [0.15, 0.2) is 42.5 Å². The molecule has 2 aromatic rings. The number of ether oxygens (including phenoxy) is 1. The highest BCUT2D eigenvalue weighted by molar-refractivity contribution is 5.95. The van der Waals surface area contributed by atoms with E-state index in [0.717, 1.165) is 12.1 Å². The fourth-order valence-corrected chi connectivity index (χ4v) is 1.88. The molecule has 0 spiro atoms. The molecule has 0 fully saturated rings. The average molecular weight is 311 g/mol. The van der Waals surface area contributed by atoms with Crippen molar-refractivity contribution in [3.8, 4) is 22.6 Å². The maximum absolute atomic E-state index is 12.3. The lowest BCUT2D eigenvalue weighted by atomic mass is 10.0. The molecule has 0 saturated carbocycles. The Bertz CT molecular complexity index is 699. The SMILES string of the molecule is CNC(=O)c1cccc(-c2ccc(O)c(OC(F)(F)F)c2)c1. The van der Waals surface area contributed by atoms with Gasteiger partial charge in [-0.3, -0.25) is 4.79 Å². The summed E-state index contributed by atoms with van der Waals surface area (Å²) < 4.78 is 40.6. The molecule has 0 aromatic heterocycles. The van der Waals surface area contributed by atoms with E-state index in [2.05, 4.69) is 10.1 Å². The minimum atomic E-state index is -4.90. The highest BCUT2D eigenvalue weighted by Crippen LogP contribution is 2.35. The number of hydrogen-bond donors (Lipinski definition) is 2. The highest BCUT2D eigenvalue weighted by atomic mass is 19.4. The van der Waals surface area contributed by atoms with Crippen molar-refractivity contribution < 1.29 is 27.8 Å². The smallest absolute Gasteiger partial charge is 0.504 e. The molecule has 4 nitrogen and oxygen atoms in total. The van der Waals surface area contributed by atoms with Gasteiger partial charge in [-0.1, -0.05) is 18.2 Å². The van der Waals surface area contributed by atoms with Gasteiger partial charge in [0.2, 0.25) is 0 Å². The topological polar surface area (TPSA) is 58.6 Å². The molecule has 0 saturated heterocycles. The molecular weight excluding hydrogens is 299 g/mol. The third-order valence-corrected chi connectivity index (χ3v) is 2.87. The largest absolute Gasteiger partial charge is 0.573 e. The maximum Gasteiger partial charge on any atom is 0.573 e. The Morgan fingerprint density at radius 3 is 2.45 bits per heavy atom. The summed E-state index contributed by atoms with van der Waals surface area (Å²) in [6.45, 7) is 0. The molecule has 0 bridgehead atoms. The molecule has 7 heteroatoms. The number of carbonyl (C=O) groups is 1. The zero-order valence-corrected chi connectivity index (χ0v) is 11.4. The van der Waals surface area contributed by atoms with Gasteiger partial charge in [0.25, 0.3) is 5.91 Å². The Labute approximate surface area is 124 Å². The summed E-state index contributed by atoms with van der Waals surface area (Å²) in [7, 11) is 1.48. The van der Waals surface area contributed by atoms with E-state index in [1.54, 1.807) is 18.2 Å². The zero-order valence-electron chi connectivity index (χ0n) is 11.4. The maximum atomic E-state index is 12.3. The Balaban J connectivity index is 2.41. The minimum Gasteiger partial charge on any atom is -0.504 e. The van der Waals surface area contributed by atoms with E-state index < -0.39 is 17.9 Å². The molecule has 0 aliphatic rings. The molecule has 0 aliphatic heterocycles. The van der Waals surface area contributed by atoms with E-state index in [4.69, 9.17) is 0 Å². The predicted octanol–water partition coefficient (Wildman–Crippen LogP) is 3.32. The Morgan fingerprint density at radius 1 is 1.14 bits per heavy atom. The number of phenolic OH excluding ortho intramolecular Hbond substituents is 1. The number of phenols is 1. The summed E-state index contributed by atoms with van der Waals surface area (Å²) in [4.78, 5) is 11.6. The number of hydrogen-bond acceptors (Lipinski definition) is 3. The van der Waals surface area contributed by atoms with Crippen LogP contribution >= 0.6 is 0 Å². The van der Waals surface area contributed by atoms with Crippen LogP contribution in [-0.2, 0) is 0 Å². The fourth-order valence-electron chi connectivity index (χ4n) is 1.88. The van der Waals surface area contributed by atoms with Gasteiger partial charge in [0.05, 0.1) is 0 Å². The number of aromatic hydroxyl groups is 1. The molecule has 22 heavy (non-hydrogen) atoms. The Hall–Kier alpha value is -2.70. The van der Waals surface area contributed by atoms with Gasteiger partial charge in [0, 0.05) is 12.6 Å². The molecule has 0 aliphatic carbocycles. The fraction of sp³-hybridized carbons (Fsp3) is 0.133. The average Bonchev–Trinajstić information content (AvgIpc) is 2.47. The molecule has 0 unspecified atom stereocenters. The first kappa shape index (κ1) is 15.7. The van der Waals surface area contributed by atoms with Gasteiger partial charge in [-0.25, -0.2) is 0 Å². The lowest BCUT2D eigenvalue weighted by Crippen LogP contribution is -2.17. The monoisotopic (exact) mass is 311 g/mol. The van der Waals surface area contributed by atoms with Gasteiger partial charge in [0.1, 0.15) is 0 Å². The van der Waals surface area contributed by atoms with Gasteiger partial charge < -0.3 is 15.2 Å². The van der Waals surface area contributed by atoms with E-state index in [-0.39, 0.29) is 5.91 Å². The molecule has 0 atom stereocenters. The quantitative estimate of drug-likeness (QED) is 0.914. The third-order valence-electron chi connectivity index (χ3n) is 2.87. The second kappa shape index (κ2) is 5.97. The molecule has 2 aromatic carbocycles. The normalized spacial score (nSPS) is 11.1. The number of rotatable bonds is 3. The van der Waals surface area contributed by atoms with E-state index >= 15 is 0 Å². The van der Waals surface area contributed by atoms with Crippen molar-refractivity contribution in [2.45, 2.75) is 6.36 Å². The number of carbonyl (C=O) groups excluding carboxylic acids is 1. The number of benzene rings is 2. The summed E-state index contributed by atoms with van der Waals surface area (Å²) in [5.74, 6) is -1.63. The van der Waals surface area contributed by atoms with Crippen LogP contribution in [0.2, 0.25) is 0 Å². The number of alkyl halides is 3. The van der Waals surface area contributed by atoms with Crippen molar-refractivity contribution >= 4 is 5.91 Å². The van der Waals surface area contributed by atoms with Crippen LogP contribution in [0, 0.1) is 0 Å². The van der Waals surface area contributed by atoms with Gasteiger partial charge in [-0.15, -0.1) is 13.2 Å². The van der Waals surface area contributed by atoms with Gasteiger partial charge in [-0.05, 0) is 35.4 Å². The predicted molar refractivity (Wildman–Crippen MR) is 73.6 cm³/mol. The van der Waals surface area contributed by atoms with Crippen molar-refractivity contribution in [3.63, 3.8) is 0 Å². The summed E-state index contributed by atoms with van der Waals surface area (Å²) in [5.41, 5.74) is 1.27. The van der Waals surface area contributed by atoms with E-state index in [1.807, 2.05) is 0 Å². The number of nitrogens with one attached hydrogen (secondary N) is 1. The molecular formula is C15H12F3NO3. The van der Waals surface area contributed by atoms with Crippen LogP contribution in [0.25, 0.3) is 11.1 Å². The van der Waals surface area contributed by atoms with Crippen LogP contribution in [-0.4, -0.2) is 24.4 Å². The van der Waals surface area contributed by atoms with E-state index in [0.29, 0.717) is 16.7 Å². The van der Waals surface area contributed by atoms with Gasteiger partial charge >= 0.3 is 6.36 Å². The number of halogens is 3.